The third-order valence-corrected chi connectivity index (χ3v) is 1.64. The first-order chi connectivity index (χ1) is 4.88. The van der Waals surface area contributed by atoms with Crippen molar-refractivity contribution < 1.29 is 19.7 Å². The van der Waals surface area contributed by atoms with E-state index in [9.17, 15) is 0 Å². The SMILES string of the molecule is OC[C@H]1COCO[C@H]1CO. The van der Waals surface area contributed by atoms with E-state index in [0.29, 0.717) is 6.61 Å². The molecule has 0 amide bonds. The second-order valence-electron chi connectivity index (χ2n) is 2.32. The lowest BCUT2D eigenvalue weighted by Crippen LogP contribution is -2.38. The zero-order valence-corrected chi connectivity index (χ0v) is 5.69. The highest BCUT2D eigenvalue weighted by atomic mass is 16.7. The summed E-state index contributed by atoms with van der Waals surface area (Å²) in [4.78, 5) is 0. The van der Waals surface area contributed by atoms with Crippen LogP contribution < -0.4 is 0 Å². The van der Waals surface area contributed by atoms with E-state index in [2.05, 4.69) is 0 Å². The Balaban J connectivity index is 2.34. The molecule has 10 heavy (non-hydrogen) atoms. The third-order valence-electron chi connectivity index (χ3n) is 1.64. The summed E-state index contributed by atoms with van der Waals surface area (Å²) in [6.45, 7) is 0.656. The lowest BCUT2D eigenvalue weighted by molar-refractivity contribution is -0.187. The molecule has 0 aromatic carbocycles. The van der Waals surface area contributed by atoms with Gasteiger partial charge in [0.1, 0.15) is 6.79 Å². The van der Waals surface area contributed by atoms with Gasteiger partial charge in [0, 0.05) is 5.92 Å². The summed E-state index contributed by atoms with van der Waals surface area (Å²) in [6, 6.07) is 0. The molecule has 1 saturated heterocycles. The monoisotopic (exact) mass is 148 g/mol. The minimum atomic E-state index is -0.251. The molecule has 1 rings (SSSR count). The average Bonchev–Trinajstić information content (AvgIpc) is 2.04. The summed E-state index contributed by atoms with van der Waals surface area (Å²) in [5.41, 5.74) is 0. The molecule has 0 spiro atoms. The van der Waals surface area contributed by atoms with E-state index >= 15 is 0 Å². The fourth-order valence-corrected chi connectivity index (χ4v) is 0.950. The Morgan fingerprint density at radius 3 is 2.60 bits per heavy atom. The number of aliphatic hydroxyl groups excluding tert-OH is 2. The highest BCUT2D eigenvalue weighted by molar-refractivity contribution is 4.70. The molecule has 0 aromatic rings. The van der Waals surface area contributed by atoms with Gasteiger partial charge in [0.05, 0.1) is 25.9 Å². The molecule has 1 aliphatic rings. The van der Waals surface area contributed by atoms with Crippen molar-refractivity contribution in [3.8, 4) is 0 Å². The third kappa shape index (κ3) is 1.67. The first-order valence-corrected chi connectivity index (χ1v) is 3.29. The van der Waals surface area contributed by atoms with E-state index in [1.807, 2.05) is 0 Å². The molecule has 2 atom stereocenters. The molecule has 0 bridgehead atoms. The van der Waals surface area contributed by atoms with Crippen LogP contribution in [0.15, 0.2) is 0 Å². The van der Waals surface area contributed by atoms with Gasteiger partial charge >= 0.3 is 0 Å². The predicted molar refractivity (Wildman–Crippen MR) is 33.4 cm³/mol. The van der Waals surface area contributed by atoms with Gasteiger partial charge in [0.2, 0.25) is 0 Å². The molecule has 0 saturated carbocycles. The van der Waals surface area contributed by atoms with E-state index in [0.717, 1.165) is 0 Å². The van der Waals surface area contributed by atoms with Crippen molar-refractivity contribution in [2.45, 2.75) is 6.10 Å². The van der Waals surface area contributed by atoms with E-state index in [1.54, 1.807) is 0 Å². The highest BCUT2D eigenvalue weighted by Crippen LogP contribution is 2.12. The predicted octanol–water partition coefficient (Wildman–Crippen LogP) is -1.04. The number of aliphatic hydroxyl groups is 2. The second kappa shape index (κ2) is 3.88. The molecule has 4 heteroatoms. The maximum Gasteiger partial charge on any atom is 0.147 e. The molecule has 1 heterocycles. The van der Waals surface area contributed by atoms with Crippen LogP contribution in [0.25, 0.3) is 0 Å². The Hall–Kier alpha value is -0.160. The van der Waals surface area contributed by atoms with Crippen molar-refractivity contribution in [1.29, 1.82) is 0 Å². The molecule has 0 unspecified atom stereocenters. The van der Waals surface area contributed by atoms with Crippen molar-refractivity contribution in [3.05, 3.63) is 0 Å². The molecule has 0 aliphatic carbocycles. The van der Waals surface area contributed by atoms with Gasteiger partial charge in [-0.2, -0.15) is 0 Å². The first kappa shape index (κ1) is 7.94. The van der Waals surface area contributed by atoms with Crippen LogP contribution in [0.3, 0.4) is 0 Å². The van der Waals surface area contributed by atoms with E-state index in [1.165, 1.54) is 0 Å². The van der Waals surface area contributed by atoms with Gasteiger partial charge in [0.15, 0.2) is 0 Å². The zero-order chi connectivity index (χ0) is 7.40. The van der Waals surface area contributed by atoms with Crippen molar-refractivity contribution in [2.75, 3.05) is 26.6 Å². The molecule has 60 valence electrons. The number of rotatable bonds is 2. The normalized spacial score (nSPS) is 34.2. The van der Waals surface area contributed by atoms with Crippen molar-refractivity contribution in [1.82, 2.24) is 0 Å². The molecule has 4 nitrogen and oxygen atoms in total. The van der Waals surface area contributed by atoms with E-state index < -0.39 is 0 Å². The maximum absolute atomic E-state index is 8.72. The fourth-order valence-electron chi connectivity index (χ4n) is 0.950. The van der Waals surface area contributed by atoms with E-state index in [-0.39, 0.29) is 32.0 Å². The number of hydrogen-bond acceptors (Lipinski definition) is 4. The van der Waals surface area contributed by atoms with Crippen LogP contribution in [-0.4, -0.2) is 42.9 Å². The zero-order valence-electron chi connectivity index (χ0n) is 5.69. The lowest BCUT2D eigenvalue weighted by Gasteiger charge is -2.28. The van der Waals surface area contributed by atoms with Crippen molar-refractivity contribution in [3.63, 3.8) is 0 Å². The van der Waals surface area contributed by atoms with Crippen LogP contribution in [0.5, 0.6) is 0 Å². The van der Waals surface area contributed by atoms with Gasteiger partial charge in [-0.15, -0.1) is 0 Å². The second-order valence-corrected chi connectivity index (χ2v) is 2.32. The molecular weight excluding hydrogens is 136 g/mol. The van der Waals surface area contributed by atoms with Crippen LogP contribution in [0.1, 0.15) is 0 Å². The van der Waals surface area contributed by atoms with Crippen LogP contribution in [0.2, 0.25) is 0 Å². The fraction of sp³-hybridized carbons (Fsp3) is 1.00. The van der Waals surface area contributed by atoms with E-state index in [4.69, 9.17) is 19.7 Å². The Morgan fingerprint density at radius 2 is 2.10 bits per heavy atom. The molecule has 1 fully saturated rings. The molecule has 1 aliphatic heterocycles. The topological polar surface area (TPSA) is 58.9 Å². The summed E-state index contributed by atoms with van der Waals surface area (Å²) >= 11 is 0. The first-order valence-electron chi connectivity index (χ1n) is 3.29. The minimum Gasteiger partial charge on any atom is -0.396 e. The smallest absolute Gasteiger partial charge is 0.147 e. The quantitative estimate of drug-likeness (QED) is 0.525. The van der Waals surface area contributed by atoms with Gasteiger partial charge in [0.25, 0.3) is 0 Å². The summed E-state index contributed by atoms with van der Waals surface area (Å²) in [7, 11) is 0. The summed E-state index contributed by atoms with van der Waals surface area (Å²) in [5.74, 6) is -0.0706. The van der Waals surface area contributed by atoms with Crippen LogP contribution in [-0.2, 0) is 9.47 Å². The van der Waals surface area contributed by atoms with Crippen LogP contribution in [0, 0.1) is 5.92 Å². The summed E-state index contributed by atoms with van der Waals surface area (Å²) in [5, 5.41) is 17.4. The standard InChI is InChI=1S/C6H12O4/c7-1-5-3-9-4-10-6(5)2-8/h5-8H,1-4H2/t5-,6-/m0/s1. The molecule has 0 radical (unpaired) electrons. The Kier molecular flexibility index (Phi) is 3.08. The lowest BCUT2D eigenvalue weighted by atomic mass is 10.1. The molecule has 2 N–H and O–H groups in total. The number of hydrogen-bond donors (Lipinski definition) is 2. The van der Waals surface area contributed by atoms with Gasteiger partial charge in [-0.25, -0.2) is 0 Å². The Labute approximate surface area is 59.4 Å². The van der Waals surface area contributed by atoms with Crippen molar-refractivity contribution in [2.24, 2.45) is 5.92 Å². The average molecular weight is 148 g/mol. The molecular formula is C6H12O4. The minimum absolute atomic E-state index is 0.00519. The van der Waals surface area contributed by atoms with Gasteiger partial charge in [-0.3, -0.25) is 0 Å². The van der Waals surface area contributed by atoms with Crippen LogP contribution >= 0.6 is 0 Å². The maximum atomic E-state index is 8.72. The summed E-state index contributed by atoms with van der Waals surface area (Å²) < 4.78 is 9.91. The summed E-state index contributed by atoms with van der Waals surface area (Å²) in [6.07, 6.45) is -0.251. The van der Waals surface area contributed by atoms with Crippen molar-refractivity contribution >= 4 is 0 Å². The highest BCUT2D eigenvalue weighted by Gasteiger charge is 2.24. The number of ether oxygens (including phenoxy) is 2. The van der Waals surface area contributed by atoms with Gasteiger partial charge < -0.3 is 19.7 Å². The van der Waals surface area contributed by atoms with Gasteiger partial charge in [-0.1, -0.05) is 0 Å². The Bertz CT molecular complexity index is 83.7. The molecule has 0 aromatic heterocycles. The Morgan fingerprint density at radius 1 is 1.30 bits per heavy atom. The largest absolute Gasteiger partial charge is 0.396 e. The van der Waals surface area contributed by atoms with Gasteiger partial charge in [-0.05, 0) is 0 Å². The van der Waals surface area contributed by atoms with Crippen LogP contribution in [0.4, 0.5) is 0 Å².